The molecule has 0 saturated carbocycles. The fourth-order valence-corrected chi connectivity index (χ4v) is 2.26. The molecule has 2 aromatic rings. The van der Waals surface area contributed by atoms with E-state index >= 15 is 0 Å². The third kappa shape index (κ3) is 2.08. The summed E-state index contributed by atoms with van der Waals surface area (Å²) in [7, 11) is 0. The summed E-state index contributed by atoms with van der Waals surface area (Å²) >= 11 is 0. The number of nitrogens with zero attached hydrogens (tertiary/aromatic N) is 1. The first-order valence-electron chi connectivity index (χ1n) is 5.84. The van der Waals surface area contributed by atoms with Gasteiger partial charge in [0.15, 0.2) is 0 Å². The molecular weight excluding hydrogens is 222 g/mol. The smallest absolute Gasteiger partial charge is 0.123 e. The Morgan fingerprint density at radius 1 is 1.00 bits per heavy atom. The average Bonchev–Trinajstić information content (AvgIpc) is 2.30. The van der Waals surface area contributed by atoms with Crippen LogP contribution in [0.3, 0.4) is 0 Å². The van der Waals surface area contributed by atoms with Crippen molar-refractivity contribution in [3.05, 3.63) is 52.6 Å². The van der Waals surface area contributed by atoms with E-state index in [9.17, 15) is 5.11 Å². The predicted octanol–water partition coefficient (Wildman–Crippen LogP) is 3.86. The molecule has 1 N–H and O–H groups in total. The number of hydrogen-bond donors (Lipinski definition) is 1. The largest absolute Gasteiger partial charge is 0.507 e. The Balaban J connectivity index is 2.73. The zero-order valence-electron chi connectivity index (χ0n) is 10.8. The first-order chi connectivity index (χ1) is 8.52. The number of aromatic hydroxyl groups is 1. The maximum Gasteiger partial charge on any atom is 0.123 e. The third-order valence-corrected chi connectivity index (χ3v) is 3.10. The van der Waals surface area contributed by atoms with Crippen LogP contribution >= 0.6 is 0 Å². The topological polar surface area (TPSA) is 44.0 Å². The molecule has 90 valence electrons. The van der Waals surface area contributed by atoms with Crippen molar-refractivity contribution < 1.29 is 5.11 Å². The van der Waals surface area contributed by atoms with E-state index in [1.165, 1.54) is 0 Å². The maximum absolute atomic E-state index is 10.1. The van der Waals surface area contributed by atoms with Crippen LogP contribution in [0.2, 0.25) is 0 Å². The molecule has 0 bridgehead atoms. The van der Waals surface area contributed by atoms with Gasteiger partial charge in [0.2, 0.25) is 0 Å². The highest BCUT2D eigenvalue weighted by Gasteiger charge is 2.11. The van der Waals surface area contributed by atoms with Crippen molar-refractivity contribution in [2.45, 2.75) is 20.8 Å². The van der Waals surface area contributed by atoms with E-state index in [2.05, 4.69) is 6.07 Å². The van der Waals surface area contributed by atoms with Gasteiger partial charge in [-0.3, -0.25) is 0 Å². The zero-order valence-corrected chi connectivity index (χ0v) is 10.8. The van der Waals surface area contributed by atoms with E-state index in [1.54, 1.807) is 12.1 Å². The summed E-state index contributed by atoms with van der Waals surface area (Å²) in [4.78, 5) is 0. The molecule has 0 atom stereocenters. The average molecular weight is 237 g/mol. The number of hydrogen-bond acceptors (Lipinski definition) is 2. The Kier molecular flexibility index (Phi) is 3.08. The van der Waals surface area contributed by atoms with Crippen molar-refractivity contribution in [1.29, 1.82) is 5.26 Å². The van der Waals surface area contributed by atoms with Gasteiger partial charge in [-0.15, -0.1) is 0 Å². The highest BCUT2D eigenvalue weighted by molar-refractivity contribution is 5.77. The molecule has 18 heavy (non-hydrogen) atoms. The van der Waals surface area contributed by atoms with E-state index < -0.39 is 0 Å². The van der Waals surface area contributed by atoms with Crippen LogP contribution < -0.4 is 0 Å². The molecule has 0 aliphatic rings. The van der Waals surface area contributed by atoms with Crippen molar-refractivity contribution in [3.8, 4) is 22.9 Å². The van der Waals surface area contributed by atoms with Gasteiger partial charge >= 0.3 is 0 Å². The van der Waals surface area contributed by atoms with Crippen molar-refractivity contribution in [3.63, 3.8) is 0 Å². The molecule has 0 heterocycles. The summed E-state index contributed by atoms with van der Waals surface area (Å²) in [6, 6.07) is 11.4. The van der Waals surface area contributed by atoms with Crippen LogP contribution in [0.1, 0.15) is 22.3 Å². The molecule has 2 rings (SSSR count). The Morgan fingerprint density at radius 2 is 1.72 bits per heavy atom. The molecule has 0 saturated heterocycles. The van der Waals surface area contributed by atoms with E-state index in [0.717, 1.165) is 27.8 Å². The molecule has 0 aliphatic carbocycles. The number of rotatable bonds is 1. The van der Waals surface area contributed by atoms with Gasteiger partial charge in [-0.05, 0) is 61.2 Å². The van der Waals surface area contributed by atoms with Crippen LogP contribution in [0.5, 0.6) is 5.75 Å². The van der Waals surface area contributed by atoms with Crippen LogP contribution in [0.15, 0.2) is 30.3 Å². The van der Waals surface area contributed by atoms with Crippen molar-refractivity contribution >= 4 is 0 Å². The molecule has 0 aromatic heterocycles. The second kappa shape index (κ2) is 4.54. The monoisotopic (exact) mass is 237 g/mol. The van der Waals surface area contributed by atoms with Gasteiger partial charge in [0.1, 0.15) is 5.75 Å². The van der Waals surface area contributed by atoms with E-state index in [1.807, 2.05) is 39.0 Å². The number of nitriles is 1. The van der Waals surface area contributed by atoms with Gasteiger partial charge in [-0.25, -0.2) is 0 Å². The minimum Gasteiger partial charge on any atom is -0.507 e. The first-order valence-corrected chi connectivity index (χ1v) is 5.84. The van der Waals surface area contributed by atoms with Crippen molar-refractivity contribution in [2.75, 3.05) is 0 Å². The van der Waals surface area contributed by atoms with Crippen LogP contribution in [0.4, 0.5) is 0 Å². The SMILES string of the molecule is Cc1cc(C)c(-c2cc(C#N)ccc2C)c(O)c1. The normalized spacial score (nSPS) is 10.1. The van der Waals surface area contributed by atoms with Gasteiger partial charge in [-0.2, -0.15) is 5.26 Å². The number of benzene rings is 2. The molecule has 2 heteroatoms. The Bertz CT molecular complexity index is 628. The molecule has 0 aliphatic heterocycles. The molecule has 0 fully saturated rings. The van der Waals surface area contributed by atoms with Crippen LogP contribution in [-0.4, -0.2) is 5.11 Å². The second-order valence-corrected chi connectivity index (χ2v) is 4.62. The molecule has 0 radical (unpaired) electrons. The van der Waals surface area contributed by atoms with E-state index in [4.69, 9.17) is 5.26 Å². The molecule has 2 aromatic carbocycles. The Hall–Kier alpha value is -2.27. The number of phenolic OH excluding ortho intramolecular Hbond substituents is 1. The van der Waals surface area contributed by atoms with Crippen LogP contribution in [-0.2, 0) is 0 Å². The standard InChI is InChI=1S/C16H15NO/c1-10-6-12(3)16(15(18)7-10)14-8-13(9-17)5-4-11(14)2/h4-8,18H,1-3H3. The van der Waals surface area contributed by atoms with Gasteiger partial charge < -0.3 is 5.11 Å². The lowest BCUT2D eigenvalue weighted by atomic mass is 9.93. The van der Waals surface area contributed by atoms with Gasteiger partial charge in [-0.1, -0.05) is 12.1 Å². The molecular formula is C16H15NO. The Morgan fingerprint density at radius 3 is 2.33 bits per heavy atom. The van der Waals surface area contributed by atoms with Crippen LogP contribution in [0.25, 0.3) is 11.1 Å². The third-order valence-electron chi connectivity index (χ3n) is 3.10. The second-order valence-electron chi connectivity index (χ2n) is 4.62. The molecule has 0 unspecified atom stereocenters. The summed E-state index contributed by atoms with van der Waals surface area (Å²) in [6.07, 6.45) is 0. The summed E-state index contributed by atoms with van der Waals surface area (Å²) in [6.45, 7) is 5.91. The van der Waals surface area contributed by atoms with Gasteiger partial charge in [0.05, 0.1) is 11.6 Å². The lowest BCUT2D eigenvalue weighted by Crippen LogP contribution is -1.90. The molecule has 0 amide bonds. The minimum absolute atomic E-state index is 0.269. The number of phenols is 1. The predicted molar refractivity (Wildman–Crippen MR) is 72.5 cm³/mol. The lowest BCUT2D eigenvalue weighted by molar-refractivity contribution is 0.476. The fraction of sp³-hybridized carbons (Fsp3) is 0.188. The first kappa shape index (κ1) is 12.2. The number of aryl methyl sites for hydroxylation is 3. The highest BCUT2D eigenvalue weighted by Crippen LogP contribution is 2.35. The Labute approximate surface area is 107 Å². The fourth-order valence-electron chi connectivity index (χ4n) is 2.26. The minimum atomic E-state index is 0.269. The zero-order chi connectivity index (χ0) is 13.3. The summed E-state index contributed by atoms with van der Waals surface area (Å²) < 4.78 is 0. The van der Waals surface area contributed by atoms with Gasteiger partial charge in [0.25, 0.3) is 0 Å². The van der Waals surface area contributed by atoms with E-state index in [-0.39, 0.29) is 5.75 Å². The summed E-state index contributed by atoms with van der Waals surface area (Å²) in [5.74, 6) is 0.269. The summed E-state index contributed by atoms with van der Waals surface area (Å²) in [5.41, 5.74) is 5.44. The summed E-state index contributed by atoms with van der Waals surface area (Å²) in [5, 5.41) is 19.1. The maximum atomic E-state index is 10.1. The van der Waals surface area contributed by atoms with Gasteiger partial charge in [0, 0.05) is 5.56 Å². The van der Waals surface area contributed by atoms with Crippen LogP contribution in [0, 0.1) is 32.1 Å². The quantitative estimate of drug-likeness (QED) is 0.818. The van der Waals surface area contributed by atoms with Crippen molar-refractivity contribution in [1.82, 2.24) is 0 Å². The molecule has 2 nitrogen and oxygen atoms in total. The van der Waals surface area contributed by atoms with Crippen molar-refractivity contribution in [2.24, 2.45) is 0 Å². The highest BCUT2D eigenvalue weighted by atomic mass is 16.3. The lowest BCUT2D eigenvalue weighted by Gasteiger charge is -2.13. The molecule has 0 spiro atoms. The van der Waals surface area contributed by atoms with E-state index in [0.29, 0.717) is 5.56 Å².